The lowest BCUT2D eigenvalue weighted by Gasteiger charge is -2.29. The Hall–Kier alpha value is -2.67. The summed E-state index contributed by atoms with van der Waals surface area (Å²) < 4.78 is 4.92. The molecule has 132 valence electrons. The number of nitrogens with zero attached hydrogens (tertiary/aromatic N) is 1. The molecule has 1 aromatic carbocycles. The predicted molar refractivity (Wildman–Crippen MR) is 91.0 cm³/mol. The molecule has 3 N–H and O–H groups in total. The van der Waals surface area contributed by atoms with Gasteiger partial charge in [-0.1, -0.05) is 18.2 Å². The van der Waals surface area contributed by atoms with Gasteiger partial charge in [0.2, 0.25) is 0 Å². The summed E-state index contributed by atoms with van der Waals surface area (Å²) in [6.07, 6.45) is 1.72. The lowest BCUT2D eigenvalue weighted by molar-refractivity contribution is -0.682. The van der Waals surface area contributed by atoms with E-state index in [9.17, 15) is 14.4 Å². The zero-order valence-corrected chi connectivity index (χ0v) is 14.2. The Morgan fingerprint density at radius 1 is 1.36 bits per heavy atom. The highest BCUT2D eigenvalue weighted by Crippen LogP contribution is 2.18. The maximum atomic E-state index is 12.6. The second-order valence-electron chi connectivity index (χ2n) is 6.07. The van der Waals surface area contributed by atoms with Crippen LogP contribution in [0.25, 0.3) is 10.9 Å². The molecule has 2 heterocycles. The number of rotatable bonds is 6. The quantitative estimate of drug-likeness (QED) is 0.573. The van der Waals surface area contributed by atoms with Gasteiger partial charge in [-0.3, -0.25) is 14.4 Å². The van der Waals surface area contributed by atoms with E-state index in [1.54, 1.807) is 13.1 Å². The van der Waals surface area contributed by atoms with E-state index in [1.807, 2.05) is 29.6 Å². The predicted octanol–water partition coefficient (Wildman–Crippen LogP) is 0.0780. The van der Waals surface area contributed by atoms with Crippen molar-refractivity contribution in [3.63, 3.8) is 0 Å². The van der Waals surface area contributed by atoms with Crippen molar-refractivity contribution in [3.8, 4) is 0 Å². The smallest absolute Gasteiger partial charge is 0.312 e. The Kier molecular flexibility index (Phi) is 5.14. The Morgan fingerprint density at radius 3 is 2.96 bits per heavy atom. The van der Waals surface area contributed by atoms with E-state index < -0.39 is 6.04 Å². The van der Waals surface area contributed by atoms with Crippen LogP contribution in [0.1, 0.15) is 23.7 Å². The van der Waals surface area contributed by atoms with Gasteiger partial charge in [0.05, 0.1) is 26.2 Å². The number of piperazine rings is 1. The summed E-state index contributed by atoms with van der Waals surface area (Å²) in [7, 11) is 0. The number of aromatic nitrogens is 1. The second-order valence-corrected chi connectivity index (χ2v) is 6.07. The first-order valence-corrected chi connectivity index (χ1v) is 8.47. The van der Waals surface area contributed by atoms with Gasteiger partial charge in [-0.05, 0) is 13.0 Å². The van der Waals surface area contributed by atoms with E-state index >= 15 is 0 Å². The van der Waals surface area contributed by atoms with Crippen molar-refractivity contribution in [3.05, 3.63) is 36.0 Å². The number of aromatic amines is 1. The van der Waals surface area contributed by atoms with Gasteiger partial charge in [0.15, 0.2) is 11.8 Å². The van der Waals surface area contributed by atoms with Gasteiger partial charge >= 0.3 is 5.97 Å². The number of nitrogens with two attached hydrogens (primary N) is 1. The molecule has 0 radical (unpaired) electrons. The molecule has 1 aromatic heterocycles. The Balaban J connectivity index is 1.68. The highest BCUT2D eigenvalue weighted by atomic mass is 16.5. The van der Waals surface area contributed by atoms with Gasteiger partial charge in [-0.2, -0.15) is 0 Å². The lowest BCUT2D eigenvalue weighted by atomic mass is 10.1. The molecule has 25 heavy (non-hydrogen) atoms. The van der Waals surface area contributed by atoms with Gasteiger partial charge in [-0.25, -0.2) is 0 Å². The average Bonchev–Trinajstić information content (AvgIpc) is 3.03. The summed E-state index contributed by atoms with van der Waals surface area (Å²) >= 11 is 0. The molecule has 0 aliphatic carbocycles. The monoisotopic (exact) mass is 344 g/mol. The number of carbonyl (C=O) groups is 3. The number of hydrogen-bond acceptors (Lipinski definition) is 4. The van der Waals surface area contributed by atoms with Crippen LogP contribution in [0.3, 0.4) is 0 Å². The van der Waals surface area contributed by atoms with Gasteiger partial charge in [0.25, 0.3) is 5.91 Å². The molecule has 0 saturated carbocycles. The van der Waals surface area contributed by atoms with E-state index in [-0.39, 0.29) is 30.6 Å². The van der Waals surface area contributed by atoms with Crippen LogP contribution in [0.5, 0.6) is 0 Å². The average molecular weight is 344 g/mol. The lowest BCUT2D eigenvalue weighted by Crippen LogP contribution is -2.96. The summed E-state index contributed by atoms with van der Waals surface area (Å²) in [6, 6.07) is 7.06. The zero-order chi connectivity index (χ0) is 17.8. The van der Waals surface area contributed by atoms with Crippen molar-refractivity contribution < 1.29 is 24.4 Å². The van der Waals surface area contributed by atoms with Gasteiger partial charge in [0.1, 0.15) is 6.42 Å². The Labute approximate surface area is 145 Å². The third kappa shape index (κ3) is 3.71. The molecule has 1 saturated heterocycles. The maximum Gasteiger partial charge on any atom is 0.312 e. The summed E-state index contributed by atoms with van der Waals surface area (Å²) in [4.78, 5) is 41.5. The highest BCUT2D eigenvalue weighted by molar-refractivity contribution is 6.09. The SMILES string of the molecule is CCOC(=O)CC1[NH2+]CCN(CC(=O)c2c[nH]c3ccccc23)C1=O. The van der Waals surface area contributed by atoms with Crippen LogP contribution in [0.2, 0.25) is 0 Å². The molecule has 7 heteroatoms. The summed E-state index contributed by atoms with van der Waals surface area (Å²) in [5, 5.41) is 2.69. The van der Waals surface area contributed by atoms with Gasteiger partial charge < -0.3 is 19.9 Å². The second kappa shape index (κ2) is 7.48. The van der Waals surface area contributed by atoms with Crippen molar-refractivity contribution >= 4 is 28.6 Å². The molecule has 0 bridgehead atoms. The number of hydrogen-bond donors (Lipinski definition) is 2. The fourth-order valence-electron chi connectivity index (χ4n) is 3.16. The number of amides is 1. The molecular weight excluding hydrogens is 322 g/mol. The molecule has 1 amide bonds. The van der Waals surface area contributed by atoms with Crippen LogP contribution in [-0.2, 0) is 14.3 Å². The molecule has 2 aromatic rings. The molecule has 3 rings (SSSR count). The van der Waals surface area contributed by atoms with E-state index in [2.05, 4.69) is 4.98 Å². The van der Waals surface area contributed by atoms with Crippen molar-refractivity contribution in [1.29, 1.82) is 0 Å². The van der Waals surface area contributed by atoms with Gasteiger partial charge in [-0.15, -0.1) is 0 Å². The minimum absolute atomic E-state index is 0.0217. The number of H-pyrrole nitrogens is 1. The Bertz CT molecular complexity index is 798. The number of quaternary nitrogens is 1. The molecule has 1 aliphatic rings. The van der Waals surface area contributed by atoms with Crippen LogP contribution in [0, 0.1) is 0 Å². The molecular formula is C18H22N3O4+. The largest absolute Gasteiger partial charge is 0.466 e. The molecule has 1 atom stereocenters. The van der Waals surface area contributed by atoms with Crippen molar-refractivity contribution in [2.45, 2.75) is 19.4 Å². The number of carbonyl (C=O) groups excluding carboxylic acids is 3. The number of esters is 1. The van der Waals surface area contributed by atoms with Crippen LogP contribution in [0.15, 0.2) is 30.5 Å². The summed E-state index contributed by atoms with van der Waals surface area (Å²) in [5.74, 6) is -0.683. The fourth-order valence-corrected chi connectivity index (χ4v) is 3.16. The highest BCUT2D eigenvalue weighted by Gasteiger charge is 2.35. The Morgan fingerprint density at radius 2 is 2.16 bits per heavy atom. The molecule has 1 aliphatic heterocycles. The summed E-state index contributed by atoms with van der Waals surface area (Å²) in [6.45, 7) is 3.20. The van der Waals surface area contributed by atoms with Crippen LogP contribution >= 0.6 is 0 Å². The number of benzene rings is 1. The van der Waals surface area contributed by atoms with Crippen molar-refractivity contribution in [1.82, 2.24) is 9.88 Å². The first-order chi connectivity index (χ1) is 12.1. The van der Waals surface area contributed by atoms with Crippen LogP contribution in [0.4, 0.5) is 0 Å². The number of fused-ring (bicyclic) bond motifs is 1. The zero-order valence-electron chi connectivity index (χ0n) is 14.2. The fraction of sp³-hybridized carbons (Fsp3) is 0.389. The molecule has 1 unspecified atom stereocenters. The minimum Gasteiger partial charge on any atom is -0.466 e. The number of ketones is 1. The number of para-hydroxylation sites is 1. The minimum atomic E-state index is -0.511. The van der Waals surface area contributed by atoms with E-state index in [1.165, 1.54) is 4.90 Å². The number of Topliss-reactive ketones (excluding diaryl/α,β-unsaturated/α-hetero) is 1. The molecule has 0 spiro atoms. The number of ether oxygens (including phenoxy) is 1. The van der Waals surface area contributed by atoms with Gasteiger partial charge in [0, 0.05) is 22.7 Å². The van der Waals surface area contributed by atoms with Crippen molar-refractivity contribution in [2.24, 2.45) is 0 Å². The third-order valence-corrected chi connectivity index (χ3v) is 4.40. The standard InChI is InChI=1S/C18H21N3O4/c1-2-25-17(23)9-15-18(24)21(8-7-19-15)11-16(22)13-10-20-14-6-4-3-5-12(13)14/h3-6,10,15,19-20H,2,7-9,11H2,1H3/p+1. The van der Waals surface area contributed by atoms with E-state index in [0.29, 0.717) is 25.3 Å². The normalized spacial score (nSPS) is 17.7. The van der Waals surface area contributed by atoms with E-state index in [0.717, 1.165) is 10.9 Å². The van der Waals surface area contributed by atoms with E-state index in [4.69, 9.17) is 4.74 Å². The molecule has 1 fully saturated rings. The third-order valence-electron chi connectivity index (χ3n) is 4.40. The van der Waals surface area contributed by atoms with Crippen molar-refractivity contribution in [2.75, 3.05) is 26.2 Å². The number of nitrogens with one attached hydrogen (secondary N) is 1. The maximum absolute atomic E-state index is 12.6. The van der Waals surface area contributed by atoms with Crippen LogP contribution < -0.4 is 5.32 Å². The summed E-state index contributed by atoms with van der Waals surface area (Å²) in [5.41, 5.74) is 1.48. The topological polar surface area (TPSA) is 96.1 Å². The van der Waals surface area contributed by atoms with Crippen LogP contribution in [-0.4, -0.2) is 59.8 Å². The first kappa shape index (κ1) is 17.2. The molecule has 7 nitrogen and oxygen atoms in total. The first-order valence-electron chi connectivity index (χ1n) is 8.47.